The second kappa shape index (κ2) is 7.85. The minimum atomic E-state index is -0.442. The summed E-state index contributed by atoms with van der Waals surface area (Å²) in [4.78, 5) is 0. The molecule has 0 aliphatic carbocycles. The normalized spacial score (nSPS) is 13.4. The Labute approximate surface area is 110 Å². The quantitative estimate of drug-likeness (QED) is 0.699. The van der Waals surface area contributed by atoms with Gasteiger partial charge in [-0.05, 0) is 36.0 Å². The van der Waals surface area contributed by atoms with Gasteiger partial charge >= 0.3 is 0 Å². The fourth-order valence-electron chi connectivity index (χ4n) is 2.09. The largest absolute Gasteiger partial charge is 0.504 e. The molecule has 0 fully saturated rings. The van der Waals surface area contributed by atoms with E-state index >= 15 is 0 Å². The van der Waals surface area contributed by atoms with Crippen molar-refractivity contribution in [3.63, 3.8) is 0 Å². The van der Waals surface area contributed by atoms with Crippen LogP contribution in [0.2, 0.25) is 0 Å². The third-order valence-corrected chi connectivity index (χ3v) is 3.29. The third kappa shape index (κ3) is 3.83. The molecule has 0 bridgehead atoms. The lowest BCUT2D eigenvalue weighted by Gasteiger charge is -2.22. The fourth-order valence-corrected chi connectivity index (χ4v) is 2.09. The van der Waals surface area contributed by atoms with Crippen molar-refractivity contribution in [3.05, 3.63) is 17.7 Å². The van der Waals surface area contributed by atoms with Crippen LogP contribution in [-0.4, -0.2) is 15.3 Å². The number of hydrogen-bond acceptors (Lipinski definition) is 3. The molecule has 1 rings (SSSR count). The Hall–Kier alpha value is -1.38. The standard InChI is InChI=1S/C13H20O3.C2H6/c1-4-8(3)10(5-2)9-6-11(14)13(16)12(15)7-9;1-2/h6-8,10,14-16H,4-5H2,1-3H3;1-2H3. The molecule has 104 valence electrons. The summed E-state index contributed by atoms with van der Waals surface area (Å²) >= 11 is 0. The number of benzene rings is 1. The van der Waals surface area contributed by atoms with Gasteiger partial charge in [-0.3, -0.25) is 0 Å². The fraction of sp³-hybridized carbons (Fsp3) is 0.600. The molecule has 0 radical (unpaired) electrons. The Balaban J connectivity index is 0.00000137. The zero-order valence-electron chi connectivity index (χ0n) is 12.1. The second-order valence-corrected chi connectivity index (χ2v) is 4.31. The topological polar surface area (TPSA) is 60.7 Å². The number of hydrogen-bond donors (Lipinski definition) is 3. The van der Waals surface area contributed by atoms with E-state index in [0.717, 1.165) is 18.4 Å². The molecular formula is C15H26O3. The summed E-state index contributed by atoms with van der Waals surface area (Å²) in [5.74, 6) is -0.174. The Kier molecular flexibility index (Phi) is 7.25. The molecule has 3 N–H and O–H groups in total. The summed E-state index contributed by atoms with van der Waals surface area (Å²) in [6.45, 7) is 10.3. The van der Waals surface area contributed by atoms with Crippen LogP contribution >= 0.6 is 0 Å². The third-order valence-electron chi connectivity index (χ3n) is 3.29. The Morgan fingerprint density at radius 1 is 0.944 bits per heavy atom. The highest BCUT2D eigenvalue weighted by atomic mass is 16.3. The average Bonchev–Trinajstić information content (AvgIpc) is 2.38. The molecule has 18 heavy (non-hydrogen) atoms. The van der Waals surface area contributed by atoms with E-state index in [0.29, 0.717) is 11.8 Å². The molecule has 1 aromatic rings. The van der Waals surface area contributed by atoms with Gasteiger partial charge in [0, 0.05) is 0 Å². The van der Waals surface area contributed by atoms with E-state index in [1.165, 1.54) is 12.1 Å². The van der Waals surface area contributed by atoms with Crippen LogP contribution in [0, 0.1) is 5.92 Å². The summed E-state index contributed by atoms with van der Waals surface area (Å²) in [5.41, 5.74) is 0.879. The Morgan fingerprint density at radius 2 is 1.39 bits per heavy atom. The Bertz CT molecular complexity index is 338. The van der Waals surface area contributed by atoms with Crippen LogP contribution in [0.15, 0.2) is 12.1 Å². The molecule has 0 saturated heterocycles. The molecule has 0 heterocycles. The molecule has 2 atom stereocenters. The van der Waals surface area contributed by atoms with E-state index in [1.54, 1.807) is 0 Å². The minimum absolute atomic E-state index is 0.253. The summed E-state index contributed by atoms with van der Waals surface area (Å²) < 4.78 is 0. The second-order valence-electron chi connectivity index (χ2n) is 4.31. The van der Waals surface area contributed by atoms with Crippen molar-refractivity contribution in [3.8, 4) is 17.2 Å². The Morgan fingerprint density at radius 3 is 1.72 bits per heavy atom. The van der Waals surface area contributed by atoms with Crippen LogP contribution in [0.25, 0.3) is 0 Å². The maximum Gasteiger partial charge on any atom is 0.200 e. The van der Waals surface area contributed by atoms with E-state index in [1.807, 2.05) is 13.8 Å². The van der Waals surface area contributed by atoms with Gasteiger partial charge in [-0.15, -0.1) is 0 Å². The lowest BCUT2D eigenvalue weighted by atomic mass is 9.83. The molecule has 3 heteroatoms. The molecule has 2 unspecified atom stereocenters. The van der Waals surface area contributed by atoms with Gasteiger partial charge in [0.1, 0.15) is 0 Å². The molecule has 0 saturated carbocycles. The van der Waals surface area contributed by atoms with Crippen molar-refractivity contribution in [1.29, 1.82) is 0 Å². The van der Waals surface area contributed by atoms with Gasteiger partial charge in [0.05, 0.1) is 0 Å². The highest BCUT2D eigenvalue weighted by Gasteiger charge is 2.19. The van der Waals surface area contributed by atoms with Gasteiger partial charge in [-0.25, -0.2) is 0 Å². The van der Waals surface area contributed by atoms with Gasteiger partial charge in [0.2, 0.25) is 0 Å². The van der Waals surface area contributed by atoms with Crippen LogP contribution in [0.4, 0.5) is 0 Å². The molecule has 0 aliphatic rings. The first-order valence-corrected chi connectivity index (χ1v) is 6.76. The van der Waals surface area contributed by atoms with E-state index in [4.69, 9.17) is 0 Å². The smallest absolute Gasteiger partial charge is 0.200 e. The van der Waals surface area contributed by atoms with Crippen molar-refractivity contribution in [1.82, 2.24) is 0 Å². The first-order chi connectivity index (χ1) is 8.51. The number of aromatic hydroxyl groups is 3. The molecule has 0 spiro atoms. The highest BCUT2D eigenvalue weighted by Crippen LogP contribution is 2.40. The average molecular weight is 254 g/mol. The van der Waals surface area contributed by atoms with Gasteiger partial charge in [-0.2, -0.15) is 0 Å². The predicted molar refractivity (Wildman–Crippen MR) is 75.3 cm³/mol. The van der Waals surface area contributed by atoms with Gasteiger partial charge in [-0.1, -0.05) is 41.0 Å². The maximum absolute atomic E-state index is 9.47. The van der Waals surface area contributed by atoms with Crippen molar-refractivity contribution >= 4 is 0 Å². The van der Waals surface area contributed by atoms with Gasteiger partial charge < -0.3 is 15.3 Å². The van der Waals surface area contributed by atoms with Crippen LogP contribution < -0.4 is 0 Å². The van der Waals surface area contributed by atoms with Crippen LogP contribution in [0.1, 0.15) is 58.9 Å². The lowest BCUT2D eigenvalue weighted by molar-refractivity contribution is 0.363. The van der Waals surface area contributed by atoms with Crippen LogP contribution in [-0.2, 0) is 0 Å². The first kappa shape index (κ1) is 16.6. The SMILES string of the molecule is CC.CCC(C)C(CC)c1cc(O)c(O)c(O)c1. The van der Waals surface area contributed by atoms with E-state index in [9.17, 15) is 15.3 Å². The van der Waals surface area contributed by atoms with Crippen molar-refractivity contribution < 1.29 is 15.3 Å². The van der Waals surface area contributed by atoms with Gasteiger partial charge in [0.15, 0.2) is 17.2 Å². The molecule has 0 aromatic heterocycles. The summed E-state index contributed by atoms with van der Waals surface area (Å²) in [6.07, 6.45) is 1.99. The summed E-state index contributed by atoms with van der Waals surface area (Å²) in [6, 6.07) is 3.07. The van der Waals surface area contributed by atoms with Crippen LogP contribution in [0.5, 0.6) is 17.2 Å². The van der Waals surface area contributed by atoms with E-state index in [2.05, 4.69) is 20.8 Å². The molecular weight excluding hydrogens is 228 g/mol. The van der Waals surface area contributed by atoms with E-state index in [-0.39, 0.29) is 11.5 Å². The zero-order valence-corrected chi connectivity index (χ0v) is 12.1. The highest BCUT2D eigenvalue weighted by molar-refractivity contribution is 5.51. The molecule has 0 aliphatic heterocycles. The number of phenolic OH excluding ortho intramolecular Hbond substituents is 3. The lowest BCUT2D eigenvalue weighted by Crippen LogP contribution is -2.07. The van der Waals surface area contributed by atoms with Crippen molar-refractivity contribution in [2.45, 2.75) is 53.4 Å². The summed E-state index contributed by atoms with van der Waals surface area (Å²) in [5, 5.41) is 28.2. The van der Waals surface area contributed by atoms with Crippen molar-refractivity contribution in [2.75, 3.05) is 0 Å². The van der Waals surface area contributed by atoms with E-state index < -0.39 is 5.75 Å². The van der Waals surface area contributed by atoms with Crippen molar-refractivity contribution in [2.24, 2.45) is 5.92 Å². The zero-order chi connectivity index (χ0) is 14.3. The molecule has 1 aromatic carbocycles. The van der Waals surface area contributed by atoms with Crippen LogP contribution in [0.3, 0.4) is 0 Å². The first-order valence-electron chi connectivity index (χ1n) is 6.76. The molecule has 3 nitrogen and oxygen atoms in total. The molecule has 0 amide bonds. The number of phenols is 3. The maximum atomic E-state index is 9.47. The summed E-state index contributed by atoms with van der Waals surface area (Å²) in [7, 11) is 0. The minimum Gasteiger partial charge on any atom is -0.504 e. The monoisotopic (exact) mass is 254 g/mol. The predicted octanol–water partition coefficient (Wildman–Crippen LogP) is 4.37. The van der Waals surface area contributed by atoms with Gasteiger partial charge in [0.25, 0.3) is 0 Å². The number of rotatable bonds is 4.